The van der Waals surface area contributed by atoms with Crippen molar-refractivity contribution in [3.63, 3.8) is 0 Å². The number of imidazole rings is 1. The van der Waals surface area contributed by atoms with Crippen LogP contribution in [0.25, 0.3) is 32.9 Å². The zero-order chi connectivity index (χ0) is 28.0. The topological polar surface area (TPSA) is 106 Å². The summed E-state index contributed by atoms with van der Waals surface area (Å²) in [7, 11) is 2.97. The van der Waals surface area contributed by atoms with Crippen LogP contribution >= 0.6 is 0 Å². The molecule has 3 heterocycles. The summed E-state index contributed by atoms with van der Waals surface area (Å²) in [6.07, 6.45) is 0.0787. The number of nitrogens with one attached hydrogen (secondary N) is 2. The van der Waals surface area contributed by atoms with Crippen LogP contribution in [0.4, 0.5) is 4.79 Å². The van der Waals surface area contributed by atoms with Crippen molar-refractivity contribution in [2.24, 2.45) is 11.8 Å². The van der Waals surface area contributed by atoms with Crippen molar-refractivity contribution in [3.05, 3.63) is 59.9 Å². The SMILES string of the molecule is COC[C@H]1C[C@@H](c2nc3c(ccc4cc5c(cc43)OCc3ccccc3-5)[nH]2)N(C(=O)[C@@H](NC(=O)OC)C(C)C)C1. The molecule has 40 heavy (non-hydrogen) atoms. The Morgan fingerprint density at radius 3 is 2.75 bits per heavy atom. The zero-order valence-electron chi connectivity index (χ0n) is 23.2. The summed E-state index contributed by atoms with van der Waals surface area (Å²) < 4.78 is 16.4. The van der Waals surface area contributed by atoms with Gasteiger partial charge in [0.05, 0.1) is 30.8 Å². The monoisotopic (exact) mass is 542 g/mol. The van der Waals surface area contributed by atoms with Gasteiger partial charge < -0.3 is 29.4 Å². The van der Waals surface area contributed by atoms with Crippen LogP contribution in [0.5, 0.6) is 5.75 Å². The van der Waals surface area contributed by atoms with Crippen molar-refractivity contribution < 1.29 is 23.8 Å². The van der Waals surface area contributed by atoms with Crippen molar-refractivity contribution in [2.75, 3.05) is 27.4 Å². The second-order valence-corrected chi connectivity index (χ2v) is 11.0. The first-order valence-corrected chi connectivity index (χ1v) is 13.7. The molecule has 208 valence electrons. The molecule has 0 spiro atoms. The molecular formula is C31H34N4O5. The van der Waals surface area contributed by atoms with Crippen LogP contribution < -0.4 is 10.1 Å². The van der Waals surface area contributed by atoms with Gasteiger partial charge in [-0.15, -0.1) is 0 Å². The summed E-state index contributed by atoms with van der Waals surface area (Å²) in [5.74, 6) is 1.43. The number of benzene rings is 3. The lowest BCUT2D eigenvalue weighted by molar-refractivity contribution is -0.135. The van der Waals surface area contributed by atoms with Gasteiger partial charge in [-0.3, -0.25) is 4.79 Å². The summed E-state index contributed by atoms with van der Waals surface area (Å²) in [4.78, 5) is 36.2. The highest BCUT2D eigenvalue weighted by Gasteiger charge is 2.41. The van der Waals surface area contributed by atoms with E-state index in [2.05, 4.69) is 46.7 Å². The number of likely N-dealkylation sites (tertiary alicyclic amines) is 1. The molecular weight excluding hydrogens is 508 g/mol. The summed E-state index contributed by atoms with van der Waals surface area (Å²) >= 11 is 0. The number of rotatable bonds is 6. The minimum absolute atomic E-state index is 0.121. The first-order valence-electron chi connectivity index (χ1n) is 13.7. The molecule has 2 aliphatic rings. The Bertz CT molecular complexity index is 1600. The fourth-order valence-corrected chi connectivity index (χ4v) is 6.06. The summed E-state index contributed by atoms with van der Waals surface area (Å²) in [6, 6.07) is 15.7. The van der Waals surface area contributed by atoms with Gasteiger partial charge in [-0.05, 0) is 47.1 Å². The standard InChI is InChI=1S/C31H34N4O5/c1-17(2)27(34-31(37)39-4)30(36)35-14-18(15-38-3)11-25(35)29-32-24-10-9-19-12-23-21-8-6-5-7-20(21)16-40-26(23)13-22(19)28(24)33-29/h5-10,12-13,17-18,25,27H,11,14-16H2,1-4H3,(H,32,33)(H,34,37)/t18-,25-,27-/m0/s1. The van der Waals surface area contributed by atoms with Crippen LogP contribution in [0.2, 0.25) is 0 Å². The molecule has 0 aliphatic carbocycles. The van der Waals surface area contributed by atoms with E-state index >= 15 is 0 Å². The van der Waals surface area contributed by atoms with Crippen LogP contribution in [-0.4, -0.2) is 60.3 Å². The molecule has 9 nitrogen and oxygen atoms in total. The molecule has 2 aliphatic heterocycles. The highest BCUT2D eigenvalue weighted by Crippen LogP contribution is 2.42. The minimum Gasteiger partial charge on any atom is -0.488 e. The molecule has 3 atom stereocenters. The van der Waals surface area contributed by atoms with Gasteiger partial charge in [0, 0.05) is 30.5 Å². The number of ether oxygens (including phenoxy) is 3. The van der Waals surface area contributed by atoms with Gasteiger partial charge in [-0.1, -0.05) is 44.2 Å². The lowest BCUT2D eigenvalue weighted by Crippen LogP contribution is -2.51. The van der Waals surface area contributed by atoms with Gasteiger partial charge in [0.15, 0.2) is 0 Å². The smallest absolute Gasteiger partial charge is 0.407 e. The maximum atomic E-state index is 13.8. The lowest BCUT2D eigenvalue weighted by atomic mass is 9.94. The van der Waals surface area contributed by atoms with Gasteiger partial charge in [0.25, 0.3) is 0 Å². The molecule has 6 rings (SSSR count). The Morgan fingerprint density at radius 2 is 1.98 bits per heavy atom. The molecule has 9 heteroatoms. The fourth-order valence-electron chi connectivity index (χ4n) is 6.06. The Morgan fingerprint density at radius 1 is 1.15 bits per heavy atom. The molecule has 2 N–H and O–H groups in total. The van der Waals surface area contributed by atoms with Crippen molar-refractivity contribution in [1.82, 2.24) is 20.2 Å². The second kappa shape index (κ2) is 10.5. The van der Waals surface area contributed by atoms with Gasteiger partial charge in [-0.25, -0.2) is 9.78 Å². The van der Waals surface area contributed by atoms with E-state index in [1.165, 1.54) is 18.2 Å². The van der Waals surface area contributed by atoms with Gasteiger partial charge in [0.2, 0.25) is 5.91 Å². The molecule has 0 bridgehead atoms. The maximum Gasteiger partial charge on any atom is 0.407 e. The number of aromatic amines is 1. The zero-order valence-corrected chi connectivity index (χ0v) is 23.2. The first-order chi connectivity index (χ1) is 19.4. The summed E-state index contributed by atoms with van der Waals surface area (Å²) in [5, 5.41) is 4.79. The van der Waals surface area contributed by atoms with Crippen molar-refractivity contribution in [3.8, 4) is 16.9 Å². The normalized spacial score (nSPS) is 18.9. The van der Waals surface area contributed by atoms with Crippen LogP contribution in [0.3, 0.4) is 0 Å². The number of hydrogen-bond acceptors (Lipinski definition) is 6. The molecule has 0 radical (unpaired) electrons. The van der Waals surface area contributed by atoms with Gasteiger partial charge >= 0.3 is 6.09 Å². The third kappa shape index (κ3) is 4.54. The van der Waals surface area contributed by atoms with Crippen LogP contribution in [0.1, 0.15) is 37.7 Å². The number of carbonyl (C=O) groups excluding carboxylic acids is 2. The molecule has 0 unspecified atom stereocenters. The largest absolute Gasteiger partial charge is 0.488 e. The minimum atomic E-state index is -0.715. The Kier molecular flexibility index (Phi) is 6.83. The number of amides is 2. The van der Waals surface area contributed by atoms with Gasteiger partial charge in [-0.2, -0.15) is 0 Å². The molecule has 3 aromatic carbocycles. The number of H-pyrrole nitrogens is 1. The van der Waals surface area contributed by atoms with Crippen LogP contribution in [-0.2, 0) is 20.9 Å². The number of carbonyl (C=O) groups is 2. The quantitative estimate of drug-likeness (QED) is 0.347. The van der Waals surface area contributed by atoms with Crippen molar-refractivity contribution in [2.45, 2.75) is 39.0 Å². The summed E-state index contributed by atoms with van der Waals surface area (Å²) in [6.45, 7) is 5.40. The molecule has 1 saturated heterocycles. The Labute approximate surface area is 232 Å². The number of alkyl carbamates (subject to hydrolysis) is 1. The average Bonchev–Trinajstić information content (AvgIpc) is 3.59. The number of hydrogen-bond donors (Lipinski definition) is 2. The van der Waals surface area contributed by atoms with E-state index in [4.69, 9.17) is 19.2 Å². The van der Waals surface area contributed by atoms with E-state index in [1.807, 2.05) is 30.9 Å². The second-order valence-electron chi connectivity index (χ2n) is 11.0. The molecule has 0 saturated carbocycles. The van der Waals surface area contributed by atoms with E-state index in [0.29, 0.717) is 26.2 Å². The maximum absolute atomic E-state index is 13.8. The molecule has 2 amide bonds. The Hall–Kier alpha value is -4.11. The van der Waals surface area contributed by atoms with Crippen LogP contribution in [0.15, 0.2) is 48.5 Å². The average molecular weight is 543 g/mol. The number of nitrogens with zero attached hydrogens (tertiary/aromatic N) is 2. The lowest BCUT2D eigenvalue weighted by Gasteiger charge is -2.30. The number of methoxy groups -OCH3 is 2. The third-order valence-corrected chi connectivity index (χ3v) is 8.06. The van der Waals surface area contributed by atoms with Gasteiger partial charge in [0.1, 0.15) is 24.2 Å². The summed E-state index contributed by atoms with van der Waals surface area (Å²) in [5.41, 5.74) is 5.19. The third-order valence-electron chi connectivity index (χ3n) is 8.06. The fraction of sp³-hybridized carbons (Fsp3) is 0.387. The van der Waals surface area contributed by atoms with Crippen molar-refractivity contribution in [1.29, 1.82) is 0 Å². The number of aromatic nitrogens is 2. The van der Waals surface area contributed by atoms with E-state index in [9.17, 15) is 9.59 Å². The van der Waals surface area contributed by atoms with E-state index < -0.39 is 12.1 Å². The predicted octanol–water partition coefficient (Wildman–Crippen LogP) is 5.19. The van der Waals surface area contributed by atoms with Crippen LogP contribution in [0, 0.1) is 11.8 Å². The highest BCUT2D eigenvalue weighted by molar-refractivity contribution is 6.07. The highest BCUT2D eigenvalue weighted by atomic mass is 16.5. The molecule has 4 aromatic rings. The predicted molar refractivity (Wildman–Crippen MR) is 152 cm³/mol. The van der Waals surface area contributed by atoms with E-state index in [-0.39, 0.29) is 23.8 Å². The number of fused-ring (bicyclic) bond motifs is 6. The Balaban J connectivity index is 1.39. The van der Waals surface area contributed by atoms with E-state index in [0.717, 1.165) is 38.9 Å². The molecule has 1 fully saturated rings. The molecule has 1 aromatic heterocycles. The van der Waals surface area contributed by atoms with E-state index in [1.54, 1.807) is 7.11 Å². The first kappa shape index (κ1) is 26.1. The van der Waals surface area contributed by atoms with Crippen molar-refractivity contribution >= 4 is 33.8 Å².